The largest absolute Gasteiger partial charge is 0.353 e. The fourth-order valence-corrected chi connectivity index (χ4v) is 0.908. The lowest BCUT2D eigenvalue weighted by Gasteiger charge is -2.17. The van der Waals surface area contributed by atoms with Gasteiger partial charge in [-0.15, -0.1) is 0 Å². The number of amides is 1. The second kappa shape index (κ2) is 2.50. The van der Waals surface area contributed by atoms with Gasteiger partial charge in [0, 0.05) is 11.5 Å². The second-order valence-corrected chi connectivity index (χ2v) is 4.54. The molecular weight excluding hydrogens is 138 g/mol. The van der Waals surface area contributed by atoms with Gasteiger partial charge in [-0.1, -0.05) is 27.7 Å². The molecule has 1 rings (SSSR count). The van der Waals surface area contributed by atoms with Gasteiger partial charge in [0.2, 0.25) is 5.91 Å². The zero-order valence-corrected chi connectivity index (χ0v) is 7.77. The summed E-state index contributed by atoms with van der Waals surface area (Å²) in [5.74, 6) is 0.869. The van der Waals surface area contributed by atoms with Crippen LogP contribution >= 0.6 is 0 Å². The normalized spacial score (nSPS) is 29.8. The van der Waals surface area contributed by atoms with Crippen molar-refractivity contribution in [3.63, 3.8) is 0 Å². The highest BCUT2D eigenvalue weighted by Gasteiger charge is 2.36. The Morgan fingerprint density at radius 2 is 1.91 bits per heavy atom. The third-order valence-corrected chi connectivity index (χ3v) is 2.11. The van der Waals surface area contributed by atoms with Crippen molar-refractivity contribution in [3.05, 3.63) is 0 Å². The van der Waals surface area contributed by atoms with Gasteiger partial charge in [0.15, 0.2) is 0 Å². The van der Waals surface area contributed by atoms with Crippen molar-refractivity contribution >= 4 is 5.91 Å². The van der Waals surface area contributed by atoms with Gasteiger partial charge in [0.05, 0.1) is 0 Å². The number of hydrogen-bond acceptors (Lipinski definition) is 1. The highest BCUT2D eigenvalue weighted by Crippen LogP contribution is 2.30. The molecule has 2 heteroatoms. The van der Waals surface area contributed by atoms with Crippen LogP contribution in [0.1, 0.15) is 34.1 Å². The lowest BCUT2D eigenvalue weighted by atomic mass is 9.96. The molecule has 0 radical (unpaired) electrons. The monoisotopic (exact) mass is 155 g/mol. The molecule has 2 atom stereocenters. The first kappa shape index (κ1) is 8.57. The van der Waals surface area contributed by atoms with E-state index in [1.807, 2.05) is 20.8 Å². The van der Waals surface area contributed by atoms with Crippen LogP contribution in [0.3, 0.4) is 0 Å². The summed E-state index contributed by atoms with van der Waals surface area (Å²) in [7, 11) is 0. The molecule has 1 aliphatic carbocycles. The zero-order chi connectivity index (χ0) is 8.65. The van der Waals surface area contributed by atoms with Crippen LogP contribution in [0.5, 0.6) is 0 Å². The van der Waals surface area contributed by atoms with E-state index in [1.54, 1.807) is 0 Å². The molecule has 0 aromatic rings. The fourth-order valence-electron chi connectivity index (χ4n) is 0.908. The molecule has 0 aromatic carbocycles. The molecule has 0 aromatic heterocycles. The molecule has 0 spiro atoms. The van der Waals surface area contributed by atoms with E-state index < -0.39 is 0 Å². The minimum Gasteiger partial charge on any atom is -0.353 e. The molecule has 64 valence electrons. The summed E-state index contributed by atoms with van der Waals surface area (Å²) in [6.45, 7) is 7.98. The van der Waals surface area contributed by atoms with Crippen LogP contribution in [-0.4, -0.2) is 11.9 Å². The van der Waals surface area contributed by atoms with Crippen LogP contribution < -0.4 is 5.32 Å². The SMILES string of the molecule is CC1CC1NC(=O)C(C)(C)C. The number of hydrogen-bond donors (Lipinski definition) is 1. The molecule has 1 fully saturated rings. The van der Waals surface area contributed by atoms with E-state index in [2.05, 4.69) is 12.2 Å². The summed E-state index contributed by atoms with van der Waals surface area (Å²) in [6, 6.07) is 0.460. The van der Waals surface area contributed by atoms with E-state index in [1.165, 1.54) is 0 Å². The Labute approximate surface area is 68.4 Å². The predicted octanol–water partition coefficient (Wildman–Crippen LogP) is 1.56. The Kier molecular flexibility index (Phi) is 1.95. The van der Waals surface area contributed by atoms with Crippen molar-refractivity contribution in [2.75, 3.05) is 0 Å². The lowest BCUT2D eigenvalue weighted by molar-refractivity contribution is -0.128. The fraction of sp³-hybridized carbons (Fsp3) is 0.889. The van der Waals surface area contributed by atoms with E-state index in [-0.39, 0.29) is 11.3 Å². The van der Waals surface area contributed by atoms with Gasteiger partial charge in [-0.05, 0) is 12.3 Å². The van der Waals surface area contributed by atoms with Crippen molar-refractivity contribution < 1.29 is 4.79 Å². The molecule has 2 nitrogen and oxygen atoms in total. The smallest absolute Gasteiger partial charge is 0.225 e. The Hall–Kier alpha value is -0.530. The molecule has 1 saturated carbocycles. The highest BCUT2D eigenvalue weighted by atomic mass is 16.2. The Bertz CT molecular complexity index is 169. The van der Waals surface area contributed by atoms with Crippen molar-refractivity contribution in [2.24, 2.45) is 11.3 Å². The molecule has 1 aliphatic rings. The van der Waals surface area contributed by atoms with Crippen molar-refractivity contribution in [1.29, 1.82) is 0 Å². The third kappa shape index (κ3) is 2.21. The maximum atomic E-state index is 11.3. The maximum Gasteiger partial charge on any atom is 0.225 e. The summed E-state index contributed by atoms with van der Waals surface area (Å²) in [5.41, 5.74) is -0.234. The Morgan fingerprint density at radius 1 is 1.45 bits per heavy atom. The van der Waals surface area contributed by atoms with Gasteiger partial charge in [0.25, 0.3) is 0 Å². The number of rotatable bonds is 1. The zero-order valence-electron chi connectivity index (χ0n) is 7.77. The molecule has 11 heavy (non-hydrogen) atoms. The van der Waals surface area contributed by atoms with E-state index in [4.69, 9.17) is 0 Å². The number of carbonyl (C=O) groups is 1. The standard InChI is InChI=1S/C9H17NO/c1-6-5-7(6)10-8(11)9(2,3)4/h6-7H,5H2,1-4H3,(H,10,11). The average Bonchev–Trinajstić information content (AvgIpc) is 2.44. The molecule has 1 amide bonds. The van der Waals surface area contributed by atoms with E-state index in [0.717, 1.165) is 6.42 Å². The highest BCUT2D eigenvalue weighted by molar-refractivity contribution is 5.81. The second-order valence-electron chi connectivity index (χ2n) is 4.54. The first-order valence-electron chi connectivity index (χ1n) is 4.22. The van der Waals surface area contributed by atoms with Crippen molar-refractivity contribution in [1.82, 2.24) is 5.32 Å². The number of nitrogens with one attached hydrogen (secondary N) is 1. The lowest BCUT2D eigenvalue weighted by Crippen LogP contribution is -2.36. The number of carbonyl (C=O) groups excluding carboxylic acids is 1. The van der Waals surface area contributed by atoms with Gasteiger partial charge in [-0.3, -0.25) is 4.79 Å². The van der Waals surface area contributed by atoms with Gasteiger partial charge >= 0.3 is 0 Å². The third-order valence-electron chi connectivity index (χ3n) is 2.11. The van der Waals surface area contributed by atoms with E-state index in [9.17, 15) is 4.79 Å². The minimum atomic E-state index is -0.234. The molecule has 1 N–H and O–H groups in total. The maximum absolute atomic E-state index is 11.3. The minimum absolute atomic E-state index is 0.173. The average molecular weight is 155 g/mol. The van der Waals surface area contributed by atoms with Crippen LogP contribution in [-0.2, 0) is 4.79 Å². The van der Waals surface area contributed by atoms with Gasteiger partial charge < -0.3 is 5.32 Å². The van der Waals surface area contributed by atoms with Gasteiger partial charge in [-0.2, -0.15) is 0 Å². The van der Waals surface area contributed by atoms with Crippen LogP contribution in [0.2, 0.25) is 0 Å². The van der Waals surface area contributed by atoms with Crippen LogP contribution in [0.4, 0.5) is 0 Å². The van der Waals surface area contributed by atoms with Crippen LogP contribution in [0, 0.1) is 11.3 Å². The molecule has 0 heterocycles. The summed E-state index contributed by atoms with van der Waals surface area (Å²) in [4.78, 5) is 11.3. The summed E-state index contributed by atoms with van der Waals surface area (Å²) >= 11 is 0. The Balaban J connectivity index is 2.33. The molecular formula is C9H17NO. The van der Waals surface area contributed by atoms with Crippen LogP contribution in [0.15, 0.2) is 0 Å². The first-order chi connectivity index (χ1) is 4.91. The summed E-state index contributed by atoms with van der Waals surface area (Å²) < 4.78 is 0. The van der Waals surface area contributed by atoms with Crippen molar-refractivity contribution in [3.8, 4) is 0 Å². The summed E-state index contributed by atoms with van der Waals surface area (Å²) in [6.07, 6.45) is 1.15. The van der Waals surface area contributed by atoms with Gasteiger partial charge in [0.1, 0.15) is 0 Å². The van der Waals surface area contributed by atoms with E-state index >= 15 is 0 Å². The molecule has 0 saturated heterocycles. The summed E-state index contributed by atoms with van der Waals surface area (Å²) in [5, 5.41) is 3.00. The van der Waals surface area contributed by atoms with E-state index in [0.29, 0.717) is 12.0 Å². The predicted molar refractivity (Wildman–Crippen MR) is 45.2 cm³/mol. The first-order valence-corrected chi connectivity index (χ1v) is 4.22. The topological polar surface area (TPSA) is 29.1 Å². The molecule has 0 aliphatic heterocycles. The molecule has 0 bridgehead atoms. The van der Waals surface area contributed by atoms with Crippen molar-refractivity contribution in [2.45, 2.75) is 40.2 Å². The van der Waals surface area contributed by atoms with Crippen LogP contribution in [0.25, 0.3) is 0 Å². The quantitative estimate of drug-likeness (QED) is 0.611. The molecule has 2 unspecified atom stereocenters. The van der Waals surface area contributed by atoms with Gasteiger partial charge in [-0.25, -0.2) is 0 Å². The Morgan fingerprint density at radius 3 is 2.18 bits per heavy atom.